The van der Waals surface area contributed by atoms with E-state index in [0.717, 1.165) is 6.54 Å². The zero-order valence-electron chi connectivity index (χ0n) is 9.81. The number of rotatable bonds is 4. The fourth-order valence-electron chi connectivity index (χ4n) is 2.11. The number of hydrogen-bond acceptors (Lipinski definition) is 3. The highest BCUT2D eigenvalue weighted by Gasteiger charge is 2.42. The molecule has 0 aromatic heterocycles. The summed E-state index contributed by atoms with van der Waals surface area (Å²) in [5.41, 5.74) is 0.656. The van der Waals surface area contributed by atoms with Crippen LogP contribution in [0.3, 0.4) is 0 Å². The first kappa shape index (κ1) is 13.9. The van der Waals surface area contributed by atoms with Gasteiger partial charge in [0.25, 0.3) is 5.91 Å². The molecule has 1 atom stereocenters. The lowest BCUT2D eigenvalue weighted by atomic mass is 9.94. The van der Waals surface area contributed by atoms with E-state index in [4.69, 9.17) is 0 Å². The number of carbonyl (C=O) groups is 2. The Bertz CT molecular complexity index is 377. The summed E-state index contributed by atoms with van der Waals surface area (Å²) in [6.45, 7) is 3.99. The van der Waals surface area contributed by atoms with Crippen molar-refractivity contribution in [3.05, 3.63) is 23.8 Å². The highest BCUT2D eigenvalue weighted by molar-refractivity contribution is 6.15. The van der Waals surface area contributed by atoms with E-state index in [0.29, 0.717) is 25.1 Å². The van der Waals surface area contributed by atoms with E-state index in [2.05, 4.69) is 5.32 Å². The molecular weight excluding hydrogens is 240 g/mol. The van der Waals surface area contributed by atoms with Gasteiger partial charge in [0.15, 0.2) is 0 Å². The summed E-state index contributed by atoms with van der Waals surface area (Å²) in [6, 6.07) is 0. The summed E-state index contributed by atoms with van der Waals surface area (Å²) >= 11 is 0. The average molecular weight is 257 g/mol. The van der Waals surface area contributed by atoms with Crippen LogP contribution in [0.15, 0.2) is 23.8 Å². The molecule has 2 rings (SSSR count). The fourth-order valence-corrected chi connectivity index (χ4v) is 2.11. The largest absolute Gasteiger partial charge is 0.315 e. The maximum absolute atomic E-state index is 11.9. The van der Waals surface area contributed by atoms with Gasteiger partial charge < -0.3 is 5.32 Å². The SMILES string of the molecule is CCNCCN1C(=O)C2=CC=CCC2C1=O.Cl. The summed E-state index contributed by atoms with van der Waals surface area (Å²) in [5, 5.41) is 3.12. The summed E-state index contributed by atoms with van der Waals surface area (Å²) in [5.74, 6) is -0.380. The normalized spacial score (nSPS) is 22.3. The van der Waals surface area contributed by atoms with E-state index in [-0.39, 0.29) is 30.1 Å². The Labute approximate surface area is 107 Å². The number of likely N-dealkylation sites (tertiary alicyclic amines) is 1. The van der Waals surface area contributed by atoms with Crippen molar-refractivity contribution in [2.75, 3.05) is 19.6 Å². The van der Waals surface area contributed by atoms with E-state index in [1.54, 1.807) is 6.08 Å². The molecule has 4 nitrogen and oxygen atoms in total. The van der Waals surface area contributed by atoms with Gasteiger partial charge in [0.05, 0.1) is 5.92 Å². The fraction of sp³-hybridized carbons (Fsp3) is 0.500. The molecule has 1 saturated heterocycles. The van der Waals surface area contributed by atoms with E-state index < -0.39 is 0 Å². The van der Waals surface area contributed by atoms with Gasteiger partial charge in [-0.1, -0.05) is 25.2 Å². The quantitative estimate of drug-likeness (QED) is 0.600. The molecule has 1 aliphatic heterocycles. The Kier molecular flexibility index (Phi) is 4.90. The molecule has 1 heterocycles. The standard InChI is InChI=1S/C12H16N2O2.ClH/c1-2-13-7-8-14-11(15)9-5-3-4-6-10(9)12(14)16;/h3-5,10,13H,2,6-8H2,1H3;1H. The molecule has 1 aliphatic carbocycles. The van der Waals surface area contributed by atoms with E-state index in [9.17, 15) is 9.59 Å². The van der Waals surface area contributed by atoms with Gasteiger partial charge >= 0.3 is 0 Å². The lowest BCUT2D eigenvalue weighted by Crippen LogP contribution is -2.36. The number of imide groups is 1. The molecule has 0 aromatic rings. The van der Waals surface area contributed by atoms with Gasteiger partial charge in [0.2, 0.25) is 5.91 Å². The van der Waals surface area contributed by atoms with Crippen molar-refractivity contribution in [1.82, 2.24) is 10.2 Å². The molecule has 1 unspecified atom stereocenters. The second kappa shape index (κ2) is 5.98. The first-order valence-electron chi connectivity index (χ1n) is 5.69. The maximum atomic E-state index is 11.9. The lowest BCUT2D eigenvalue weighted by Gasteiger charge is -2.13. The van der Waals surface area contributed by atoms with Crippen molar-refractivity contribution in [2.45, 2.75) is 13.3 Å². The monoisotopic (exact) mass is 256 g/mol. The number of halogens is 1. The van der Waals surface area contributed by atoms with Gasteiger partial charge in [0, 0.05) is 18.7 Å². The number of fused-ring (bicyclic) bond motifs is 1. The minimum absolute atomic E-state index is 0. The lowest BCUT2D eigenvalue weighted by molar-refractivity contribution is -0.138. The van der Waals surface area contributed by atoms with Crippen molar-refractivity contribution < 1.29 is 9.59 Å². The van der Waals surface area contributed by atoms with Crippen molar-refractivity contribution in [3.63, 3.8) is 0 Å². The first-order valence-corrected chi connectivity index (χ1v) is 5.69. The molecule has 1 fully saturated rings. The van der Waals surface area contributed by atoms with E-state index in [1.165, 1.54) is 4.90 Å². The molecular formula is C12H17ClN2O2. The summed E-state index contributed by atoms with van der Waals surface area (Å²) in [4.78, 5) is 25.2. The van der Waals surface area contributed by atoms with Crippen LogP contribution in [-0.4, -0.2) is 36.3 Å². The molecule has 0 spiro atoms. The van der Waals surface area contributed by atoms with Crippen LogP contribution in [0.4, 0.5) is 0 Å². The molecule has 2 aliphatic rings. The van der Waals surface area contributed by atoms with Gasteiger partial charge in [-0.15, -0.1) is 12.4 Å². The number of nitrogens with zero attached hydrogens (tertiary/aromatic N) is 1. The summed E-state index contributed by atoms with van der Waals surface area (Å²) < 4.78 is 0. The topological polar surface area (TPSA) is 49.4 Å². The van der Waals surface area contributed by atoms with Gasteiger partial charge in [-0.05, 0) is 13.0 Å². The highest BCUT2D eigenvalue weighted by atomic mass is 35.5. The van der Waals surface area contributed by atoms with Crippen LogP contribution in [0, 0.1) is 5.92 Å². The zero-order chi connectivity index (χ0) is 11.5. The molecule has 0 aromatic carbocycles. The zero-order valence-corrected chi connectivity index (χ0v) is 10.6. The number of hydrogen-bond donors (Lipinski definition) is 1. The highest BCUT2D eigenvalue weighted by Crippen LogP contribution is 2.30. The van der Waals surface area contributed by atoms with Gasteiger partial charge in [-0.25, -0.2) is 0 Å². The number of amides is 2. The number of allylic oxidation sites excluding steroid dienone is 3. The van der Waals surface area contributed by atoms with Crippen LogP contribution >= 0.6 is 12.4 Å². The van der Waals surface area contributed by atoms with Crippen LogP contribution in [0.2, 0.25) is 0 Å². The predicted octanol–water partition coefficient (Wildman–Crippen LogP) is 0.889. The Balaban J connectivity index is 0.00000144. The Hall–Kier alpha value is -1.13. The van der Waals surface area contributed by atoms with Crippen molar-refractivity contribution in [3.8, 4) is 0 Å². The number of likely N-dealkylation sites (N-methyl/N-ethyl adjacent to an activating group) is 1. The Morgan fingerprint density at radius 3 is 2.88 bits per heavy atom. The minimum atomic E-state index is -0.223. The minimum Gasteiger partial charge on any atom is -0.315 e. The second-order valence-electron chi connectivity index (χ2n) is 3.99. The Morgan fingerprint density at radius 1 is 1.47 bits per heavy atom. The molecule has 17 heavy (non-hydrogen) atoms. The third kappa shape index (κ3) is 2.58. The number of carbonyl (C=O) groups excluding carboxylic acids is 2. The van der Waals surface area contributed by atoms with Gasteiger partial charge in [0.1, 0.15) is 0 Å². The van der Waals surface area contributed by atoms with Crippen LogP contribution in [0.25, 0.3) is 0 Å². The molecule has 1 N–H and O–H groups in total. The van der Waals surface area contributed by atoms with Crippen molar-refractivity contribution in [1.29, 1.82) is 0 Å². The molecule has 0 bridgehead atoms. The van der Waals surface area contributed by atoms with Crippen LogP contribution < -0.4 is 5.32 Å². The van der Waals surface area contributed by atoms with E-state index >= 15 is 0 Å². The first-order chi connectivity index (χ1) is 7.75. The average Bonchev–Trinajstić information content (AvgIpc) is 2.55. The maximum Gasteiger partial charge on any atom is 0.257 e. The van der Waals surface area contributed by atoms with Crippen molar-refractivity contribution >= 4 is 24.2 Å². The molecule has 94 valence electrons. The smallest absolute Gasteiger partial charge is 0.257 e. The molecule has 0 saturated carbocycles. The third-order valence-corrected chi connectivity index (χ3v) is 2.98. The van der Waals surface area contributed by atoms with Gasteiger partial charge in [-0.2, -0.15) is 0 Å². The van der Waals surface area contributed by atoms with E-state index in [1.807, 2.05) is 19.1 Å². The van der Waals surface area contributed by atoms with Crippen LogP contribution in [0.5, 0.6) is 0 Å². The van der Waals surface area contributed by atoms with Crippen LogP contribution in [-0.2, 0) is 9.59 Å². The predicted molar refractivity (Wildman–Crippen MR) is 67.8 cm³/mol. The third-order valence-electron chi connectivity index (χ3n) is 2.98. The van der Waals surface area contributed by atoms with Gasteiger partial charge in [-0.3, -0.25) is 14.5 Å². The molecule has 0 radical (unpaired) electrons. The van der Waals surface area contributed by atoms with Crippen LogP contribution in [0.1, 0.15) is 13.3 Å². The molecule has 2 amide bonds. The summed E-state index contributed by atoms with van der Waals surface area (Å²) in [6.07, 6.45) is 6.22. The number of nitrogens with one attached hydrogen (secondary N) is 1. The van der Waals surface area contributed by atoms with Crippen molar-refractivity contribution in [2.24, 2.45) is 5.92 Å². The Morgan fingerprint density at radius 2 is 2.24 bits per heavy atom. The second-order valence-corrected chi connectivity index (χ2v) is 3.99. The molecule has 5 heteroatoms. The summed E-state index contributed by atoms with van der Waals surface area (Å²) in [7, 11) is 0.